The molecule has 1 aromatic carbocycles. The van der Waals surface area contributed by atoms with Gasteiger partial charge in [-0.2, -0.15) is 13.2 Å². The molecule has 104 valence electrons. The Morgan fingerprint density at radius 2 is 1.84 bits per heavy atom. The SMILES string of the molecule is CC(=O)NC(C)(CC=Cc1ccccc1)C(F)(F)F. The largest absolute Gasteiger partial charge is 0.411 e. The molecule has 0 aliphatic carbocycles. The van der Waals surface area contributed by atoms with E-state index in [1.54, 1.807) is 30.3 Å². The Hall–Kier alpha value is -1.78. The van der Waals surface area contributed by atoms with E-state index in [2.05, 4.69) is 0 Å². The normalized spacial score (nSPS) is 15.2. The molecule has 19 heavy (non-hydrogen) atoms. The van der Waals surface area contributed by atoms with Gasteiger partial charge in [0.1, 0.15) is 5.54 Å². The fourth-order valence-electron chi connectivity index (χ4n) is 1.62. The minimum atomic E-state index is -4.50. The minimum Gasteiger partial charge on any atom is -0.342 e. The zero-order valence-corrected chi connectivity index (χ0v) is 10.8. The van der Waals surface area contributed by atoms with Crippen LogP contribution in [0.15, 0.2) is 36.4 Å². The maximum Gasteiger partial charge on any atom is 0.411 e. The minimum absolute atomic E-state index is 0.315. The molecule has 1 N–H and O–H groups in total. The number of nitrogens with one attached hydrogen (secondary N) is 1. The van der Waals surface area contributed by atoms with Crippen molar-refractivity contribution in [1.29, 1.82) is 0 Å². The van der Waals surface area contributed by atoms with Crippen molar-refractivity contribution in [2.24, 2.45) is 0 Å². The fourth-order valence-corrected chi connectivity index (χ4v) is 1.62. The Labute approximate surface area is 110 Å². The predicted octanol–water partition coefficient (Wildman–Crippen LogP) is 3.55. The Balaban J connectivity index is 2.80. The third kappa shape index (κ3) is 4.43. The first-order valence-electron chi connectivity index (χ1n) is 5.82. The molecule has 1 atom stereocenters. The molecule has 0 heterocycles. The van der Waals surface area contributed by atoms with Crippen molar-refractivity contribution < 1.29 is 18.0 Å². The second-order valence-corrected chi connectivity index (χ2v) is 4.53. The number of halogens is 3. The molecule has 1 aromatic rings. The second-order valence-electron chi connectivity index (χ2n) is 4.53. The van der Waals surface area contributed by atoms with Crippen LogP contribution in [0.1, 0.15) is 25.8 Å². The van der Waals surface area contributed by atoms with Crippen molar-refractivity contribution in [3.63, 3.8) is 0 Å². The van der Waals surface area contributed by atoms with Crippen LogP contribution in [0, 0.1) is 0 Å². The molecule has 0 saturated heterocycles. The number of amides is 1. The molecule has 0 fully saturated rings. The average Bonchev–Trinajstić information content (AvgIpc) is 2.28. The molecule has 0 saturated carbocycles. The lowest BCUT2D eigenvalue weighted by atomic mass is 9.96. The van der Waals surface area contributed by atoms with E-state index in [0.717, 1.165) is 19.4 Å². The van der Waals surface area contributed by atoms with Gasteiger partial charge in [0.2, 0.25) is 5.91 Å². The van der Waals surface area contributed by atoms with Crippen LogP contribution < -0.4 is 5.32 Å². The first kappa shape index (κ1) is 15.3. The second kappa shape index (κ2) is 5.91. The van der Waals surface area contributed by atoms with E-state index in [1.807, 2.05) is 11.4 Å². The van der Waals surface area contributed by atoms with Gasteiger partial charge in [0.15, 0.2) is 0 Å². The summed E-state index contributed by atoms with van der Waals surface area (Å²) in [4.78, 5) is 10.9. The van der Waals surface area contributed by atoms with E-state index in [0.29, 0.717) is 0 Å². The standard InChI is InChI=1S/C14H16F3NO/c1-11(19)18-13(2,14(15,16)17)10-6-9-12-7-4-3-5-8-12/h3-9H,10H2,1-2H3,(H,18,19). The van der Waals surface area contributed by atoms with E-state index in [-0.39, 0.29) is 6.42 Å². The zero-order chi connectivity index (χ0) is 14.5. The Morgan fingerprint density at radius 1 is 1.26 bits per heavy atom. The molecule has 0 aromatic heterocycles. The maximum absolute atomic E-state index is 12.9. The van der Waals surface area contributed by atoms with Gasteiger partial charge >= 0.3 is 6.18 Å². The molecule has 1 rings (SSSR count). The molecule has 2 nitrogen and oxygen atoms in total. The summed E-state index contributed by atoms with van der Waals surface area (Å²) in [5, 5.41) is 1.97. The molecule has 1 unspecified atom stereocenters. The zero-order valence-electron chi connectivity index (χ0n) is 10.8. The van der Waals surface area contributed by atoms with E-state index < -0.39 is 17.6 Å². The van der Waals surface area contributed by atoms with E-state index in [9.17, 15) is 18.0 Å². The molecule has 1 amide bonds. The van der Waals surface area contributed by atoms with Crippen LogP contribution in [0.5, 0.6) is 0 Å². The van der Waals surface area contributed by atoms with Crippen molar-refractivity contribution in [1.82, 2.24) is 5.32 Å². The van der Waals surface area contributed by atoms with Gasteiger partial charge in [-0.15, -0.1) is 0 Å². The molecule has 5 heteroatoms. The van der Waals surface area contributed by atoms with E-state index in [1.165, 1.54) is 6.08 Å². The first-order chi connectivity index (χ1) is 8.74. The fraction of sp³-hybridized carbons (Fsp3) is 0.357. The van der Waals surface area contributed by atoms with Crippen LogP contribution in [0.2, 0.25) is 0 Å². The lowest BCUT2D eigenvalue weighted by molar-refractivity contribution is -0.192. The smallest absolute Gasteiger partial charge is 0.342 e. The topological polar surface area (TPSA) is 29.1 Å². The lowest BCUT2D eigenvalue weighted by Crippen LogP contribution is -2.55. The predicted molar refractivity (Wildman–Crippen MR) is 68.4 cm³/mol. The van der Waals surface area contributed by atoms with Gasteiger partial charge in [0.25, 0.3) is 0 Å². The Kier molecular flexibility index (Phi) is 4.75. The average molecular weight is 271 g/mol. The monoisotopic (exact) mass is 271 g/mol. The number of hydrogen-bond donors (Lipinski definition) is 1. The van der Waals surface area contributed by atoms with Crippen molar-refractivity contribution >= 4 is 12.0 Å². The number of carbonyl (C=O) groups is 1. The van der Waals surface area contributed by atoms with Crippen molar-refractivity contribution in [2.75, 3.05) is 0 Å². The van der Waals surface area contributed by atoms with Gasteiger partial charge in [0, 0.05) is 6.92 Å². The summed E-state index contributed by atoms with van der Waals surface area (Å²) >= 11 is 0. The van der Waals surface area contributed by atoms with Gasteiger partial charge in [-0.1, -0.05) is 42.5 Å². The van der Waals surface area contributed by atoms with Gasteiger partial charge < -0.3 is 5.32 Å². The highest BCUT2D eigenvalue weighted by Gasteiger charge is 2.50. The van der Waals surface area contributed by atoms with E-state index in [4.69, 9.17) is 0 Å². The lowest BCUT2D eigenvalue weighted by Gasteiger charge is -2.31. The van der Waals surface area contributed by atoms with Gasteiger partial charge in [-0.3, -0.25) is 4.79 Å². The third-order valence-electron chi connectivity index (χ3n) is 2.71. The van der Waals surface area contributed by atoms with Crippen LogP contribution >= 0.6 is 0 Å². The first-order valence-corrected chi connectivity index (χ1v) is 5.82. The van der Waals surface area contributed by atoms with Crippen LogP contribution in [0.4, 0.5) is 13.2 Å². The third-order valence-corrected chi connectivity index (χ3v) is 2.71. The Bertz CT molecular complexity index is 454. The summed E-state index contributed by atoms with van der Waals surface area (Å²) in [5.41, 5.74) is -1.43. The summed E-state index contributed by atoms with van der Waals surface area (Å²) in [6, 6.07) is 9.01. The van der Waals surface area contributed by atoms with Crippen molar-refractivity contribution in [2.45, 2.75) is 32.0 Å². The van der Waals surface area contributed by atoms with Gasteiger partial charge in [-0.05, 0) is 18.9 Å². The summed E-state index contributed by atoms with van der Waals surface area (Å²) in [6.07, 6.45) is -1.80. The van der Waals surface area contributed by atoms with Crippen molar-refractivity contribution in [3.8, 4) is 0 Å². The summed E-state index contributed by atoms with van der Waals surface area (Å²) in [7, 11) is 0. The van der Waals surface area contributed by atoms with Crippen molar-refractivity contribution in [3.05, 3.63) is 42.0 Å². The molecule has 0 aliphatic heterocycles. The number of rotatable bonds is 4. The number of alkyl halides is 3. The highest BCUT2D eigenvalue weighted by atomic mass is 19.4. The quantitative estimate of drug-likeness (QED) is 0.891. The molecule has 0 aliphatic rings. The van der Waals surface area contributed by atoms with Crippen LogP contribution in [0.25, 0.3) is 6.08 Å². The molecular formula is C14H16F3NO. The van der Waals surface area contributed by atoms with Crippen LogP contribution in [-0.2, 0) is 4.79 Å². The molecule has 0 radical (unpaired) electrons. The molecule has 0 bridgehead atoms. The maximum atomic E-state index is 12.9. The highest BCUT2D eigenvalue weighted by Crippen LogP contribution is 2.33. The molecular weight excluding hydrogens is 255 g/mol. The highest BCUT2D eigenvalue weighted by molar-refractivity contribution is 5.74. The number of carbonyl (C=O) groups excluding carboxylic acids is 1. The van der Waals surface area contributed by atoms with E-state index >= 15 is 0 Å². The Morgan fingerprint density at radius 3 is 2.32 bits per heavy atom. The number of benzene rings is 1. The summed E-state index contributed by atoms with van der Waals surface area (Å²) < 4.78 is 38.8. The van der Waals surface area contributed by atoms with Gasteiger partial charge in [-0.25, -0.2) is 0 Å². The van der Waals surface area contributed by atoms with Gasteiger partial charge in [0.05, 0.1) is 0 Å². The van der Waals surface area contributed by atoms with Crippen LogP contribution in [0.3, 0.4) is 0 Å². The molecule has 0 spiro atoms. The number of hydrogen-bond acceptors (Lipinski definition) is 1. The van der Waals surface area contributed by atoms with Crippen LogP contribution in [-0.4, -0.2) is 17.6 Å². The summed E-state index contributed by atoms with van der Waals surface area (Å²) in [5.74, 6) is -0.701. The summed E-state index contributed by atoms with van der Waals surface area (Å²) in [6.45, 7) is 2.05.